The van der Waals surface area contributed by atoms with Gasteiger partial charge in [-0.15, -0.1) is 0 Å². The van der Waals surface area contributed by atoms with Gasteiger partial charge >= 0.3 is 0 Å². The second kappa shape index (κ2) is 7.24. The van der Waals surface area contributed by atoms with Gasteiger partial charge in [0, 0.05) is 12.6 Å². The van der Waals surface area contributed by atoms with Crippen LogP contribution in [0.1, 0.15) is 51.9 Å². The van der Waals surface area contributed by atoms with Gasteiger partial charge in [-0.1, -0.05) is 19.3 Å². The Kier molecular flexibility index (Phi) is 6.20. The van der Waals surface area contributed by atoms with E-state index in [1.807, 2.05) is 0 Å². The zero-order valence-corrected chi connectivity index (χ0v) is 9.47. The largest absolute Gasteiger partial charge is 0.396 e. The molecule has 84 valence electrons. The lowest BCUT2D eigenvalue weighted by atomic mass is 9.81. The molecular formula is C12H25NO. The maximum atomic E-state index is 8.61. The molecule has 2 heteroatoms. The Morgan fingerprint density at radius 3 is 2.64 bits per heavy atom. The van der Waals surface area contributed by atoms with Crippen LogP contribution in [0.2, 0.25) is 0 Å². The molecule has 0 saturated heterocycles. The smallest absolute Gasteiger partial charge is 0.0431 e. The molecule has 0 aliphatic heterocycles. The molecule has 0 radical (unpaired) electrons. The van der Waals surface area contributed by atoms with E-state index in [0.717, 1.165) is 25.3 Å². The molecule has 2 nitrogen and oxygen atoms in total. The van der Waals surface area contributed by atoms with Crippen molar-refractivity contribution < 1.29 is 5.11 Å². The maximum absolute atomic E-state index is 8.61. The van der Waals surface area contributed by atoms with E-state index in [-0.39, 0.29) is 0 Å². The molecule has 1 unspecified atom stereocenters. The van der Waals surface area contributed by atoms with Crippen molar-refractivity contribution in [3.8, 4) is 0 Å². The van der Waals surface area contributed by atoms with E-state index < -0.39 is 0 Å². The summed E-state index contributed by atoms with van der Waals surface area (Å²) in [6.45, 7) is 3.76. The second-order valence-corrected chi connectivity index (χ2v) is 4.67. The predicted octanol–water partition coefficient (Wildman–Crippen LogP) is 2.32. The summed E-state index contributed by atoms with van der Waals surface area (Å²) in [4.78, 5) is 0. The first kappa shape index (κ1) is 12.0. The molecule has 1 aliphatic rings. The van der Waals surface area contributed by atoms with E-state index in [1.165, 1.54) is 32.1 Å². The Morgan fingerprint density at radius 1 is 1.29 bits per heavy atom. The second-order valence-electron chi connectivity index (χ2n) is 4.67. The molecule has 0 heterocycles. The van der Waals surface area contributed by atoms with Crippen molar-refractivity contribution in [3.05, 3.63) is 0 Å². The number of nitrogens with one attached hydrogen (secondary N) is 1. The van der Waals surface area contributed by atoms with Crippen molar-refractivity contribution in [2.45, 2.75) is 57.9 Å². The Morgan fingerprint density at radius 2 is 2.07 bits per heavy atom. The topological polar surface area (TPSA) is 32.3 Å². The standard InChI is InChI=1S/C12H25NO/c1-11(10-12-6-5-7-12)13-8-3-2-4-9-14/h11-14H,2-10H2,1H3. The highest BCUT2D eigenvalue weighted by Gasteiger charge is 2.19. The van der Waals surface area contributed by atoms with Crippen LogP contribution in [-0.2, 0) is 0 Å². The molecular weight excluding hydrogens is 174 g/mol. The van der Waals surface area contributed by atoms with Crippen molar-refractivity contribution in [2.24, 2.45) is 5.92 Å². The first-order valence-corrected chi connectivity index (χ1v) is 6.17. The maximum Gasteiger partial charge on any atom is 0.0431 e. The Balaban J connectivity index is 1.84. The van der Waals surface area contributed by atoms with Gasteiger partial charge in [0.1, 0.15) is 0 Å². The molecule has 0 aromatic rings. The molecule has 1 atom stereocenters. The zero-order valence-electron chi connectivity index (χ0n) is 9.47. The fourth-order valence-corrected chi connectivity index (χ4v) is 2.07. The zero-order chi connectivity index (χ0) is 10.2. The van der Waals surface area contributed by atoms with Gasteiger partial charge in [0.05, 0.1) is 0 Å². The van der Waals surface area contributed by atoms with Gasteiger partial charge in [0.2, 0.25) is 0 Å². The minimum Gasteiger partial charge on any atom is -0.396 e. The van der Waals surface area contributed by atoms with Crippen molar-refractivity contribution in [1.82, 2.24) is 5.32 Å². The van der Waals surface area contributed by atoms with Gasteiger partial charge in [-0.2, -0.15) is 0 Å². The molecule has 2 N–H and O–H groups in total. The highest BCUT2D eigenvalue weighted by atomic mass is 16.2. The molecule has 14 heavy (non-hydrogen) atoms. The number of hydrogen-bond acceptors (Lipinski definition) is 2. The van der Waals surface area contributed by atoms with E-state index in [0.29, 0.717) is 12.6 Å². The van der Waals surface area contributed by atoms with Crippen LogP contribution in [0.4, 0.5) is 0 Å². The van der Waals surface area contributed by atoms with Crippen molar-refractivity contribution in [1.29, 1.82) is 0 Å². The van der Waals surface area contributed by atoms with Crippen LogP contribution in [-0.4, -0.2) is 24.3 Å². The average molecular weight is 199 g/mol. The normalized spacial score (nSPS) is 19.3. The van der Waals surface area contributed by atoms with Crippen LogP contribution >= 0.6 is 0 Å². The lowest BCUT2D eigenvalue weighted by Gasteiger charge is -2.28. The fourth-order valence-electron chi connectivity index (χ4n) is 2.07. The number of aliphatic hydroxyl groups excluding tert-OH is 1. The molecule has 1 rings (SSSR count). The van der Waals surface area contributed by atoms with Crippen LogP contribution < -0.4 is 5.32 Å². The number of unbranched alkanes of at least 4 members (excludes halogenated alkanes) is 2. The molecule has 1 aliphatic carbocycles. The summed E-state index contributed by atoms with van der Waals surface area (Å²) < 4.78 is 0. The van der Waals surface area contributed by atoms with Gasteiger partial charge in [-0.25, -0.2) is 0 Å². The SMILES string of the molecule is CC(CC1CCC1)NCCCCCO. The van der Waals surface area contributed by atoms with Crippen LogP contribution in [0, 0.1) is 5.92 Å². The van der Waals surface area contributed by atoms with Gasteiger partial charge in [-0.3, -0.25) is 0 Å². The summed E-state index contributed by atoms with van der Waals surface area (Å²) in [6.07, 6.45) is 9.04. The third-order valence-electron chi connectivity index (χ3n) is 3.24. The van der Waals surface area contributed by atoms with E-state index >= 15 is 0 Å². The molecule has 1 fully saturated rings. The summed E-state index contributed by atoms with van der Waals surface area (Å²) in [5.41, 5.74) is 0. The Labute approximate surface area is 88.1 Å². The molecule has 0 bridgehead atoms. The third-order valence-corrected chi connectivity index (χ3v) is 3.24. The van der Waals surface area contributed by atoms with Crippen LogP contribution in [0.15, 0.2) is 0 Å². The van der Waals surface area contributed by atoms with Crippen LogP contribution in [0.5, 0.6) is 0 Å². The van der Waals surface area contributed by atoms with Crippen LogP contribution in [0.3, 0.4) is 0 Å². The summed E-state index contributed by atoms with van der Waals surface area (Å²) in [7, 11) is 0. The lowest BCUT2D eigenvalue weighted by Crippen LogP contribution is -2.30. The highest BCUT2D eigenvalue weighted by Crippen LogP contribution is 2.30. The molecule has 0 amide bonds. The quantitative estimate of drug-likeness (QED) is 0.588. The van der Waals surface area contributed by atoms with E-state index in [1.54, 1.807) is 0 Å². The van der Waals surface area contributed by atoms with E-state index in [2.05, 4.69) is 12.2 Å². The molecule has 0 aromatic carbocycles. The van der Waals surface area contributed by atoms with Crippen molar-refractivity contribution in [3.63, 3.8) is 0 Å². The van der Waals surface area contributed by atoms with Gasteiger partial charge in [-0.05, 0) is 45.1 Å². The summed E-state index contributed by atoms with van der Waals surface area (Å²) >= 11 is 0. The minimum atomic E-state index is 0.345. The number of aliphatic hydroxyl groups is 1. The van der Waals surface area contributed by atoms with Crippen LogP contribution in [0.25, 0.3) is 0 Å². The summed E-state index contributed by atoms with van der Waals surface area (Å²) in [6, 6.07) is 0.689. The van der Waals surface area contributed by atoms with Gasteiger partial charge < -0.3 is 10.4 Å². The van der Waals surface area contributed by atoms with Gasteiger partial charge in [0.15, 0.2) is 0 Å². The first-order valence-electron chi connectivity index (χ1n) is 6.17. The summed E-state index contributed by atoms with van der Waals surface area (Å²) in [5.74, 6) is 1.01. The Hall–Kier alpha value is -0.0800. The van der Waals surface area contributed by atoms with Crippen molar-refractivity contribution >= 4 is 0 Å². The van der Waals surface area contributed by atoms with E-state index in [9.17, 15) is 0 Å². The van der Waals surface area contributed by atoms with Gasteiger partial charge in [0.25, 0.3) is 0 Å². The highest BCUT2D eigenvalue weighted by molar-refractivity contribution is 4.74. The fraction of sp³-hybridized carbons (Fsp3) is 1.00. The third kappa shape index (κ3) is 4.97. The molecule has 0 aromatic heterocycles. The monoisotopic (exact) mass is 199 g/mol. The van der Waals surface area contributed by atoms with Crippen molar-refractivity contribution in [2.75, 3.05) is 13.2 Å². The first-order chi connectivity index (χ1) is 6.83. The Bertz CT molecular complexity index is 134. The number of rotatable bonds is 8. The molecule has 0 spiro atoms. The molecule has 1 saturated carbocycles. The number of hydrogen-bond donors (Lipinski definition) is 2. The average Bonchev–Trinajstić information content (AvgIpc) is 2.11. The summed E-state index contributed by atoms with van der Waals surface area (Å²) in [5, 5.41) is 12.2. The minimum absolute atomic E-state index is 0.345. The predicted molar refractivity (Wildman–Crippen MR) is 60.4 cm³/mol. The lowest BCUT2D eigenvalue weighted by molar-refractivity contribution is 0.263. The van der Waals surface area contributed by atoms with E-state index in [4.69, 9.17) is 5.11 Å².